The van der Waals surface area contributed by atoms with Gasteiger partial charge in [0.25, 0.3) is 0 Å². The highest BCUT2D eigenvalue weighted by Gasteiger charge is 2.23. The molecule has 3 aromatic carbocycles. The van der Waals surface area contributed by atoms with Gasteiger partial charge in [0.1, 0.15) is 6.04 Å². The molecule has 30 heavy (non-hydrogen) atoms. The van der Waals surface area contributed by atoms with Gasteiger partial charge in [0.2, 0.25) is 11.8 Å². The predicted molar refractivity (Wildman–Crippen MR) is 116 cm³/mol. The van der Waals surface area contributed by atoms with Gasteiger partial charge in [-0.2, -0.15) is 0 Å². The maximum Gasteiger partial charge on any atom is 0.320 e. The van der Waals surface area contributed by atoms with Crippen molar-refractivity contribution in [2.24, 2.45) is 0 Å². The summed E-state index contributed by atoms with van der Waals surface area (Å²) in [7, 11) is 0. The Bertz CT molecular complexity index is 1130. The second-order valence-corrected chi connectivity index (χ2v) is 7.20. The number of hydrogen-bond acceptors (Lipinski definition) is 4. The molecule has 6 nitrogen and oxygen atoms in total. The van der Waals surface area contributed by atoms with Gasteiger partial charge < -0.3 is 15.1 Å². The van der Waals surface area contributed by atoms with E-state index in [4.69, 9.17) is 16.0 Å². The van der Waals surface area contributed by atoms with Crippen molar-refractivity contribution in [1.29, 1.82) is 0 Å². The maximum atomic E-state index is 12.6. The Kier molecular flexibility index (Phi) is 5.77. The SMILES string of the molecule is Cc1ccc(NC(=O)N[C@H](c2ccccc2)c2nnc(-c3ccc(Cl)cc3)o2)cc1. The third-order valence-corrected chi connectivity index (χ3v) is 4.75. The van der Waals surface area contributed by atoms with Gasteiger partial charge in [-0.25, -0.2) is 4.79 Å². The normalized spacial score (nSPS) is 11.7. The van der Waals surface area contributed by atoms with Gasteiger partial charge in [-0.05, 0) is 48.9 Å². The van der Waals surface area contributed by atoms with Crippen LogP contribution in [0.5, 0.6) is 0 Å². The van der Waals surface area contributed by atoms with Crippen molar-refractivity contribution < 1.29 is 9.21 Å². The van der Waals surface area contributed by atoms with Gasteiger partial charge in [-0.3, -0.25) is 0 Å². The van der Waals surface area contributed by atoms with E-state index in [0.717, 1.165) is 16.7 Å². The lowest BCUT2D eigenvalue weighted by atomic mass is 10.1. The van der Waals surface area contributed by atoms with Crippen LogP contribution in [-0.2, 0) is 0 Å². The third kappa shape index (κ3) is 4.67. The van der Waals surface area contributed by atoms with Gasteiger partial charge >= 0.3 is 6.03 Å². The first kappa shape index (κ1) is 19.7. The highest BCUT2D eigenvalue weighted by Crippen LogP contribution is 2.26. The molecule has 1 aromatic heterocycles. The van der Waals surface area contributed by atoms with E-state index in [1.807, 2.05) is 61.5 Å². The summed E-state index contributed by atoms with van der Waals surface area (Å²) in [5, 5.41) is 14.7. The number of nitrogens with zero attached hydrogens (tertiary/aromatic N) is 2. The third-order valence-electron chi connectivity index (χ3n) is 4.50. The number of benzene rings is 3. The fourth-order valence-electron chi connectivity index (χ4n) is 2.93. The molecular formula is C23H19ClN4O2. The first-order valence-corrected chi connectivity index (χ1v) is 9.75. The molecule has 4 rings (SSSR count). The van der Waals surface area contributed by atoms with Crippen LogP contribution in [0.3, 0.4) is 0 Å². The lowest BCUT2D eigenvalue weighted by molar-refractivity contribution is 0.248. The van der Waals surface area contributed by atoms with Crippen molar-refractivity contribution in [2.45, 2.75) is 13.0 Å². The average Bonchev–Trinajstić information content (AvgIpc) is 3.25. The summed E-state index contributed by atoms with van der Waals surface area (Å²) >= 11 is 5.95. The number of urea groups is 1. The van der Waals surface area contributed by atoms with Crippen LogP contribution in [-0.4, -0.2) is 16.2 Å². The molecule has 1 atom stereocenters. The van der Waals surface area contributed by atoms with E-state index in [0.29, 0.717) is 16.6 Å². The Labute approximate surface area is 178 Å². The Morgan fingerprint density at radius 3 is 2.33 bits per heavy atom. The second-order valence-electron chi connectivity index (χ2n) is 6.76. The molecule has 0 aliphatic heterocycles. The minimum absolute atomic E-state index is 0.283. The number of aryl methyl sites for hydroxylation is 1. The molecule has 0 saturated heterocycles. The molecule has 0 aliphatic rings. The lowest BCUT2D eigenvalue weighted by Gasteiger charge is -2.16. The van der Waals surface area contributed by atoms with E-state index >= 15 is 0 Å². The molecule has 0 bridgehead atoms. The fraction of sp³-hybridized carbons (Fsp3) is 0.0870. The van der Waals surface area contributed by atoms with Crippen molar-refractivity contribution in [3.63, 3.8) is 0 Å². The van der Waals surface area contributed by atoms with Crippen molar-refractivity contribution in [3.05, 3.63) is 101 Å². The molecule has 2 amide bonds. The molecule has 0 fully saturated rings. The highest BCUT2D eigenvalue weighted by atomic mass is 35.5. The van der Waals surface area contributed by atoms with E-state index in [1.165, 1.54) is 0 Å². The van der Waals surface area contributed by atoms with Crippen LogP contribution >= 0.6 is 11.6 Å². The van der Waals surface area contributed by atoms with E-state index in [-0.39, 0.29) is 11.9 Å². The monoisotopic (exact) mass is 418 g/mol. The van der Waals surface area contributed by atoms with Crippen LogP contribution in [0.1, 0.15) is 23.1 Å². The van der Waals surface area contributed by atoms with E-state index in [9.17, 15) is 4.79 Å². The predicted octanol–water partition coefficient (Wildman–Crippen LogP) is 5.61. The molecule has 0 aliphatic carbocycles. The number of halogens is 1. The molecule has 0 unspecified atom stereocenters. The molecule has 1 heterocycles. The number of carbonyl (C=O) groups is 1. The van der Waals surface area contributed by atoms with Gasteiger partial charge in [0.15, 0.2) is 0 Å². The number of carbonyl (C=O) groups excluding carboxylic acids is 1. The van der Waals surface area contributed by atoms with Crippen LogP contribution < -0.4 is 10.6 Å². The van der Waals surface area contributed by atoms with Crippen molar-refractivity contribution in [3.8, 4) is 11.5 Å². The van der Waals surface area contributed by atoms with E-state index in [2.05, 4.69) is 20.8 Å². The average molecular weight is 419 g/mol. The van der Waals surface area contributed by atoms with Crippen molar-refractivity contribution in [1.82, 2.24) is 15.5 Å². The first-order chi connectivity index (χ1) is 14.6. The molecule has 0 spiro atoms. The van der Waals surface area contributed by atoms with Gasteiger partial charge in [0.05, 0.1) is 0 Å². The van der Waals surface area contributed by atoms with Crippen LogP contribution in [0, 0.1) is 6.92 Å². The largest absolute Gasteiger partial charge is 0.418 e. The Morgan fingerprint density at radius 2 is 1.63 bits per heavy atom. The Balaban J connectivity index is 1.58. The van der Waals surface area contributed by atoms with Crippen molar-refractivity contribution >= 4 is 23.3 Å². The van der Waals surface area contributed by atoms with Crippen molar-refractivity contribution in [2.75, 3.05) is 5.32 Å². The lowest BCUT2D eigenvalue weighted by Crippen LogP contribution is -2.33. The van der Waals surface area contributed by atoms with Gasteiger partial charge in [-0.1, -0.05) is 59.6 Å². The van der Waals surface area contributed by atoms with Gasteiger partial charge in [0, 0.05) is 16.3 Å². The summed E-state index contributed by atoms with van der Waals surface area (Å²) in [5.74, 6) is 0.633. The second kappa shape index (κ2) is 8.80. The summed E-state index contributed by atoms with van der Waals surface area (Å²) < 4.78 is 5.89. The Hall–Kier alpha value is -3.64. The molecule has 0 radical (unpaired) electrons. The standard InChI is InChI=1S/C23H19ClN4O2/c1-15-7-13-19(14-8-15)25-23(29)26-20(16-5-3-2-4-6-16)22-28-27-21(30-22)17-9-11-18(24)12-10-17/h2-14,20H,1H3,(H2,25,26,29)/t20-/m1/s1. The zero-order chi connectivity index (χ0) is 20.9. The molecule has 0 saturated carbocycles. The summed E-state index contributed by atoms with van der Waals surface area (Å²) in [4.78, 5) is 12.6. The smallest absolute Gasteiger partial charge is 0.320 e. The van der Waals surface area contributed by atoms with Crippen LogP contribution in [0.15, 0.2) is 83.3 Å². The summed E-state index contributed by atoms with van der Waals surface area (Å²) in [6.45, 7) is 1.99. The topological polar surface area (TPSA) is 80.0 Å². The number of hydrogen-bond donors (Lipinski definition) is 2. The van der Waals surface area contributed by atoms with Gasteiger partial charge in [-0.15, -0.1) is 10.2 Å². The fourth-order valence-corrected chi connectivity index (χ4v) is 3.05. The first-order valence-electron chi connectivity index (χ1n) is 9.37. The zero-order valence-electron chi connectivity index (χ0n) is 16.2. The summed E-state index contributed by atoms with van der Waals surface area (Å²) in [6.07, 6.45) is 0. The number of rotatable bonds is 5. The van der Waals surface area contributed by atoms with Crippen LogP contribution in [0.2, 0.25) is 5.02 Å². The molecule has 2 N–H and O–H groups in total. The zero-order valence-corrected chi connectivity index (χ0v) is 16.9. The van der Waals surface area contributed by atoms with E-state index in [1.54, 1.807) is 24.3 Å². The minimum atomic E-state index is -0.606. The molecule has 150 valence electrons. The number of aromatic nitrogens is 2. The highest BCUT2D eigenvalue weighted by molar-refractivity contribution is 6.30. The Morgan fingerprint density at radius 1 is 0.933 bits per heavy atom. The number of anilines is 1. The van der Waals surface area contributed by atoms with E-state index < -0.39 is 6.04 Å². The molecule has 7 heteroatoms. The number of amides is 2. The summed E-state index contributed by atoms with van der Waals surface area (Å²) in [5.41, 5.74) is 3.37. The molecular weight excluding hydrogens is 400 g/mol. The molecule has 4 aromatic rings. The maximum absolute atomic E-state index is 12.6. The quantitative estimate of drug-likeness (QED) is 0.441. The number of nitrogens with one attached hydrogen (secondary N) is 2. The summed E-state index contributed by atoms with van der Waals surface area (Å²) in [6, 6.07) is 23.1. The van der Waals surface area contributed by atoms with Crippen LogP contribution in [0.4, 0.5) is 10.5 Å². The minimum Gasteiger partial charge on any atom is -0.418 e. The van der Waals surface area contributed by atoms with Crippen LogP contribution in [0.25, 0.3) is 11.5 Å².